The molecule has 0 unspecified atom stereocenters. The predicted octanol–water partition coefficient (Wildman–Crippen LogP) is 2.57. The van der Waals surface area contributed by atoms with Crippen molar-refractivity contribution in [1.29, 1.82) is 0 Å². The van der Waals surface area contributed by atoms with Crippen LogP contribution in [0.25, 0.3) is 0 Å². The molecule has 2 aliphatic rings. The van der Waals surface area contributed by atoms with Crippen LogP contribution < -0.4 is 10.1 Å². The quantitative estimate of drug-likeness (QED) is 0.742. The number of nitrogens with one attached hydrogen (secondary N) is 1. The van der Waals surface area contributed by atoms with Crippen molar-refractivity contribution in [2.75, 3.05) is 18.5 Å². The number of hydrogen-bond acceptors (Lipinski definition) is 6. The summed E-state index contributed by atoms with van der Waals surface area (Å²) >= 11 is 1.37. The van der Waals surface area contributed by atoms with E-state index in [0.29, 0.717) is 31.2 Å². The van der Waals surface area contributed by atoms with Gasteiger partial charge in [-0.15, -0.1) is 11.3 Å². The Labute approximate surface area is 168 Å². The Morgan fingerprint density at radius 3 is 2.75 bits per heavy atom. The van der Waals surface area contributed by atoms with Crippen molar-refractivity contribution in [3.05, 3.63) is 40.4 Å². The van der Waals surface area contributed by atoms with Crippen LogP contribution in [0.5, 0.6) is 5.75 Å². The van der Waals surface area contributed by atoms with Crippen LogP contribution in [0, 0.1) is 0 Å². The molecule has 0 bridgehead atoms. The van der Waals surface area contributed by atoms with Gasteiger partial charge in [-0.2, -0.15) is 4.31 Å². The van der Waals surface area contributed by atoms with Crippen molar-refractivity contribution in [3.63, 3.8) is 0 Å². The van der Waals surface area contributed by atoms with E-state index in [4.69, 9.17) is 4.74 Å². The number of thiazole rings is 1. The number of carbonyl (C=O) groups excluding carboxylic acids is 1. The minimum atomic E-state index is -3.18. The van der Waals surface area contributed by atoms with Gasteiger partial charge in [0.15, 0.2) is 5.13 Å². The fourth-order valence-corrected chi connectivity index (χ4v) is 6.17. The van der Waals surface area contributed by atoms with Crippen LogP contribution in [0.1, 0.15) is 35.9 Å². The molecule has 1 amide bonds. The van der Waals surface area contributed by atoms with Gasteiger partial charge in [-0.3, -0.25) is 4.79 Å². The topological polar surface area (TPSA) is 88.6 Å². The van der Waals surface area contributed by atoms with Gasteiger partial charge in [-0.25, -0.2) is 13.4 Å². The molecule has 0 atom stereocenters. The Morgan fingerprint density at radius 2 is 2.07 bits per heavy atom. The highest BCUT2D eigenvalue weighted by atomic mass is 32.2. The maximum atomic E-state index is 12.4. The van der Waals surface area contributed by atoms with Crippen LogP contribution in [0.15, 0.2) is 24.3 Å². The molecule has 1 aromatic carbocycles. The summed E-state index contributed by atoms with van der Waals surface area (Å²) in [5, 5.41) is 3.18. The van der Waals surface area contributed by atoms with E-state index in [0.717, 1.165) is 34.7 Å². The first kappa shape index (κ1) is 19.4. The molecular formula is C19H23N3O4S2. The van der Waals surface area contributed by atoms with E-state index in [2.05, 4.69) is 10.3 Å². The second-order valence-electron chi connectivity index (χ2n) is 7.02. The zero-order valence-electron chi connectivity index (χ0n) is 15.7. The standard InChI is InChI=1S/C19H23N3O4S2/c1-2-26-14-5-3-13(4-6-14)11-18(23)21-19-20-16-9-10-22(12-17(16)27-19)28(24,25)15-7-8-15/h3-6,15H,2,7-12H2,1H3,(H,20,21,23). The molecule has 2 heterocycles. The van der Waals surface area contributed by atoms with Crippen molar-refractivity contribution in [1.82, 2.24) is 9.29 Å². The Balaban J connectivity index is 1.37. The highest BCUT2D eigenvalue weighted by molar-refractivity contribution is 7.90. The average Bonchev–Trinajstić information content (AvgIpc) is 3.44. The number of carbonyl (C=O) groups is 1. The second kappa shape index (κ2) is 7.81. The number of anilines is 1. The number of sulfonamides is 1. The number of aromatic nitrogens is 1. The molecule has 1 aromatic heterocycles. The molecule has 0 saturated heterocycles. The van der Waals surface area contributed by atoms with Gasteiger partial charge in [0.2, 0.25) is 15.9 Å². The SMILES string of the molecule is CCOc1ccc(CC(=O)Nc2nc3c(s2)CN(S(=O)(=O)C2CC2)CC3)cc1. The Bertz CT molecular complexity index is 966. The van der Waals surface area contributed by atoms with Crippen LogP contribution in [-0.2, 0) is 34.2 Å². The van der Waals surface area contributed by atoms with Gasteiger partial charge in [0.05, 0.1) is 24.0 Å². The van der Waals surface area contributed by atoms with E-state index >= 15 is 0 Å². The third-order valence-electron chi connectivity index (χ3n) is 4.85. The molecule has 150 valence electrons. The fraction of sp³-hybridized carbons (Fsp3) is 0.474. The lowest BCUT2D eigenvalue weighted by Gasteiger charge is -2.25. The van der Waals surface area contributed by atoms with Gasteiger partial charge in [0.1, 0.15) is 5.75 Å². The van der Waals surface area contributed by atoms with E-state index in [1.165, 1.54) is 11.3 Å². The van der Waals surface area contributed by atoms with Crippen molar-refractivity contribution in [2.24, 2.45) is 0 Å². The van der Waals surface area contributed by atoms with Crippen molar-refractivity contribution in [2.45, 2.75) is 44.4 Å². The van der Waals surface area contributed by atoms with Crippen LogP contribution in [0.4, 0.5) is 5.13 Å². The smallest absolute Gasteiger partial charge is 0.230 e. The monoisotopic (exact) mass is 421 g/mol. The van der Waals surface area contributed by atoms with Gasteiger partial charge in [-0.05, 0) is 37.5 Å². The van der Waals surface area contributed by atoms with Crippen molar-refractivity contribution in [3.8, 4) is 5.75 Å². The predicted molar refractivity (Wildman–Crippen MR) is 108 cm³/mol. The van der Waals surface area contributed by atoms with Gasteiger partial charge in [0, 0.05) is 24.4 Å². The molecule has 0 spiro atoms. The molecule has 28 heavy (non-hydrogen) atoms. The lowest BCUT2D eigenvalue weighted by Crippen LogP contribution is -2.37. The first-order chi connectivity index (χ1) is 13.5. The Kier molecular flexibility index (Phi) is 5.39. The molecule has 0 radical (unpaired) electrons. The number of nitrogens with zero attached hydrogens (tertiary/aromatic N) is 2. The lowest BCUT2D eigenvalue weighted by molar-refractivity contribution is -0.115. The molecule has 1 N–H and O–H groups in total. The molecule has 7 nitrogen and oxygen atoms in total. The summed E-state index contributed by atoms with van der Waals surface area (Å²) in [5.41, 5.74) is 1.78. The number of amides is 1. The third-order valence-corrected chi connectivity index (χ3v) is 8.19. The largest absolute Gasteiger partial charge is 0.494 e. The second-order valence-corrected chi connectivity index (χ2v) is 10.3. The van der Waals surface area contributed by atoms with E-state index in [-0.39, 0.29) is 17.6 Å². The minimum absolute atomic E-state index is 0.141. The number of ether oxygens (including phenoxy) is 1. The first-order valence-electron chi connectivity index (χ1n) is 9.45. The van der Waals surface area contributed by atoms with E-state index in [1.54, 1.807) is 4.31 Å². The van der Waals surface area contributed by atoms with Crippen LogP contribution in [-0.4, -0.2) is 42.0 Å². The zero-order valence-corrected chi connectivity index (χ0v) is 17.3. The molecule has 4 rings (SSSR count). The summed E-state index contributed by atoms with van der Waals surface area (Å²) in [4.78, 5) is 17.8. The molecule has 1 saturated carbocycles. The number of fused-ring (bicyclic) bond motifs is 1. The Hall–Kier alpha value is -1.97. The van der Waals surface area contributed by atoms with E-state index in [9.17, 15) is 13.2 Å². The molecule has 1 aliphatic heterocycles. The van der Waals surface area contributed by atoms with Crippen molar-refractivity contribution < 1.29 is 17.9 Å². The molecule has 9 heteroatoms. The molecule has 2 aromatic rings. The van der Waals surface area contributed by atoms with Gasteiger partial charge < -0.3 is 10.1 Å². The van der Waals surface area contributed by atoms with E-state index < -0.39 is 10.0 Å². The summed E-state index contributed by atoms with van der Waals surface area (Å²) in [5.74, 6) is 0.641. The Morgan fingerprint density at radius 1 is 1.32 bits per heavy atom. The summed E-state index contributed by atoms with van der Waals surface area (Å²) in [6.45, 7) is 3.36. The summed E-state index contributed by atoms with van der Waals surface area (Å²) < 4.78 is 31.9. The molecule has 1 fully saturated rings. The van der Waals surface area contributed by atoms with Gasteiger partial charge in [0.25, 0.3) is 0 Å². The van der Waals surface area contributed by atoms with Crippen LogP contribution in [0.2, 0.25) is 0 Å². The number of benzene rings is 1. The molecule has 1 aliphatic carbocycles. The number of hydrogen-bond donors (Lipinski definition) is 1. The maximum Gasteiger partial charge on any atom is 0.230 e. The van der Waals surface area contributed by atoms with E-state index in [1.807, 2.05) is 31.2 Å². The minimum Gasteiger partial charge on any atom is -0.494 e. The zero-order chi connectivity index (χ0) is 19.7. The van der Waals surface area contributed by atoms with Crippen LogP contribution in [0.3, 0.4) is 0 Å². The fourth-order valence-electron chi connectivity index (χ4n) is 3.24. The highest BCUT2D eigenvalue weighted by Crippen LogP contribution is 2.35. The third kappa shape index (κ3) is 4.21. The first-order valence-corrected chi connectivity index (χ1v) is 11.8. The van der Waals surface area contributed by atoms with Gasteiger partial charge >= 0.3 is 0 Å². The summed E-state index contributed by atoms with van der Waals surface area (Å²) in [7, 11) is -3.18. The normalized spacial score (nSPS) is 17.2. The maximum absolute atomic E-state index is 12.4. The lowest BCUT2D eigenvalue weighted by atomic mass is 10.1. The summed E-state index contributed by atoms with van der Waals surface area (Å²) in [6.07, 6.45) is 2.37. The van der Waals surface area contributed by atoms with Crippen LogP contribution >= 0.6 is 11.3 Å². The molecular weight excluding hydrogens is 398 g/mol. The average molecular weight is 422 g/mol. The number of rotatable bonds is 7. The van der Waals surface area contributed by atoms with Crippen molar-refractivity contribution >= 4 is 32.4 Å². The van der Waals surface area contributed by atoms with Gasteiger partial charge in [-0.1, -0.05) is 12.1 Å². The summed E-state index contributed by atoms with van der Waals surface area (Å²) in [6, 6.07) is 7.45. The highest BCUT2D eigenvalue weighted by Gasteiger charge is 2.41.